The van der Waals surface area contributed by atoms with Crippen molar-refractivity contribution in [2.45, 2.75) is 33.2 Å². The minimum atomic E-state index is -0.347. The molecule has 0 saturated heterocycles. The Morgan fingerprint density at radius 1 is 1.44 bits per heavy atom. The first-order valence-electron chi connectivity index (χ1n) is 5.42. The SMILES string of the molecule is CC(C)(C)C(CCO)Nc1ccc(F)cn1. The van der Waals surface area contributed by atoms with Crippen molar-refractivity contribution in [2.24, 2.45) is 5.41 Å². The Balaban J connectivity index is 2.72. The Kier molecular flexibility index (Phi) is 4.24. The van der Waals surface area contributed by atoms with E-state index in [9.17, 15) is 4.39 Å². The van der Waals surface area contributed by atoms with Crippen molar-refractivity contribution in [3.63, 3.8) is 0 Å². The Morgan fingerprint density at radius 2 is 2.12 bits per heavy atom. The van der Waals surface area contributed by atoms with E-state index < -0.39 is 0 Å². The summed E-state index contributed by atoms with van der Waals surface area (Å²) in [4.78, 5) is 3.95. The lowest BCUT2D eigenvalue weighted by atomic mass is 9.85. The molecule has 4 heteroatoms. The molecule has 1 rings (SSSR count). The molecule has 0 fully saturated rings. The first-order valence-corrected chi connectivity index (χ1v) is 5.42. The molecule has 0 radical (unpaired) electrons. The van der Waals surface area contributed by atoms with E-state index in [1.54, 1.807) is 6.07 Å². The first kappa shape index (κ1) is 12.9. The van der Waals surface area contributed by atoms with E-state index in [2.05, 4.69) is 31.1 Å². The second-order valence-electron chi connectivity index (χ2n) is 4.94. The maximum Gasteiger partial charge on any atom is 0.141 e. The number of halogens is 1. The van der Waals surface area contributed by atoms with Gasteiger partial charge in [0, 0.05) is 12.6 Å². The maximum absolute atomic E-state index is 12.7. The van der Waals surface area contributed by atoms with E-state index in [0.29, 0.717) is 12.2 Å². The van der Waals surface area contributed by atoms with Crippen LogP contribution in [0.5, 0.6) is 0 Å². The minimum Gasteiger partial charge on any atom is -0.396 e. The van der Waals surface area contributed by atoms with Crippen molar-refractivity contribution in [3.8, 4) is 0 Å². The van der Waals surface area contributed by atoms with Gasteiger partial charge in [0.05, 0.1) is 6.20 Å². The summed E-state index contributed by atoms with van der Waals surface area (Å²) in [7, 11) is 0. The molecule has 1 unspecified atom stereocenters. The molecule has 0 aliphatic carbocycles. The zero-order valence-electron chi connectivity index (χ0n) is 10.00. The molecule has 1 aromatic heterocycles. The van der Waals surface area contributed by atoms with Crippen LogP contribution in [0.25, 0.3) is 0 Å². The van der Waals surface area contributed by atoms with Crippen LogP contribution in [0.2, 0.25) is 0 Å². The van der Waals surface area contributed by atoms with Crippen LogP contribution in [-0.4, -0.2) is 22.7 Å². The number of pyridine rings is 1. The predicted octanol–water partition coefficient (Wildman–Crippen LogP) is 2.43. The molecule has 0 bridgehead atoms. The highest BCUT2D eigenvalue weighted by Crippen LogP contribution is 2.24. The van der Waals surface area contributed by atoms with Gasteiger partial charge in [-0.05, 0) is 24.0 Å². The van der Waals surface area contributed by atoms with Crippen LogP contribution >= 0.6 is 0 Å². The Hall–Kier alpha value is -1.16. The second kappa shape index (κ2) is 5.25. The van der Waals surface area contributed by atoms with Crippen LogP contribution in [0.3, 0.4) is 0 Å². The van der Waals surface area contributed by atoms with Crippen LogP contribution in [0.15, 0.2) is 18.3 Å². The Labute approximate surface area is 95.7 Å². The van der Waals surface area contributed by atoms with E-state index in [-0.39, 0.29) is 23.9 Å². The average Bonchev–Trinajstić information content (AvgIpc) is 2.19. The quantitative estimate of drug-likeness (QED) is 0.828. The molecule has 16 heavy (non-hydrogen) atoms. The molecular weight excluding hydrogens is 207 g/mol. The predicted molar refractivity (Wildman–Crippen MR) is 62.8 cm³/mol. The molecule has 0 saturated carbocycles. The van der Waals surface area contributed by atoms with Crippen LogP contribution in [0.4, 0.5) is 10.2 Å². The molecular formula is C12H19FN2O. The number of hydrogen-bond acceptors (Lipinski definition) is 3. The number of rotatable bonds is 4. The van der Waals surface area contributed by atoms with Gasteiger partial charge in [0.2, 0.25) is 0 Å². The van der Waals surface area contributed by atoms with E-state index in [1.165, 1.54) is 12.3 Å². The fourth-order valence-electron chi connectivity index (χ4n) is 1.49. The summed E-state index contributed by atoms with van der Waals surface area (Å²) in [5.74, 6) is 0.287. The fraction of sp³-hybridized carbons (Fsp3) is 0.583. The van der Waals surface area contributed by atoms with Crippen LogP contribution in [0, 0.1) is 11.2 Å². The molecule has 1 heterocycles. The fourth-order valence-corrected chi connectivity index (χ4v) is 1.49. The first-order chi connectivity index (χ1) is 7.43. The summed E-state index contributed by atoms with van der Waals surface area (Å²) in [5.41, 5.74) is 0.0127. The van der Waals surface area contributed by atoms with Crippen molar-refractivity contribution in [1.29, 1.82) is 0 Å². The lowest BCUT2D eigenvalue weighted by molar-refractivity contribution is 0.235. The van der Waals surface area contributed by atoms with Gasteiger partial charge in [-0.1, -0.05) is 20.8 Å². The van der Waals surface area contributed by atoms with Crippen molar-refractivity contribution >= 4 is 5.82 Å². The highest BCUT2D eigenvalue weighted by molar-refractivity contribution is 5.35. The van der Waals surface area contributed by atoms with E-state index in [4.69, 9.17) is 5.11 Å². The topological polar surface area (TPSA) is 45.1 Å². The summed E-state index contributed by atoms with van der Waals surface area (Å²) in [6, 6.07) is 3.08. The average molecular weight is 226 g/mol. The van der Waals surface area contributed by atoms with Crippen molar-refractivity contribution < 1.29 is 9.50 Å². The molecule has 1 aromatic rings. The summed E-state index contributed by atoms with van der Waals surface area (Å²) < 4.78 is 12.7. The zero-order chi connectivity index (χ0) is 12.2. The highest BCUT2D eigenvalue weighted by atomic mass is 19.1. The number of aromatic nitrogens is 1. The third kappa shape index (κ3) is 3.77. The van der Waals surface area contributed by atoms with Gasteiger partial charge in [0.25, 0.3) is 0 Å². The van der Waals surface area contributed by atoms with Crippen LogP contribution in [0.1, 0.15) is 27.2 Å². The standard InChI is InChI=1S/C12H19FN2O/c1-12(2,3)10(6-7-16)15-11-5-4-9(13)8-14-11/h4-5,8,10,16H,6-7H2,1-3H3,(H,14,15). The smallest absolute Gasteiger partial charge is 0.141 e. The van der Waals surface area contributed by atoms with E-state index in [0.717, 1.165) is 0 Å². The van der Waals surface area contributed by atoms with Crippen LogP contribution < -0.4 is 5.32 Å². The second-order valence-corrected chi connectivity index (χ2v) is 4.94. The third-order valence-corrected chi connectivity index (χ3v) is 2.51. The molecule has 2 N–H and O–H groups in total. The van der Waals surface area contributed by atoms with Gasteiger partial charge in [-0.2, -0.15) is 0 Å². The summed E-state index contributed by atoms with van der Waals surface area (Å²) in [5, 5.41) is 12.2. The number of aliphatic hydroxyl groups excluding tert-OH is 1. The van der Waals surface area contributed by atoms with Crippen molar-refractivity contribution in [2.75, 3.05) is 11.9 Å². The minimum absolute atomic E-state index is 0.0127. The molecule has 0 aliphatic heterocycles. The number of aliphatic hydroxyl groups is 1. The maximum atomic E-state index is 12.7. The largest absolute Gasteiger partial charge is 0.396 e. The summed E-state index contributed by atoms with van der Waals surface area (Å²) in [6.45, 7) is 6.38. The van der Waals surface area contributed by atoms with E-state index >= 15 is 0 Å². The van der Waals surface area contributed by atoms with Crippen molar-refractivity contribution in [1.82, 2.24) is 4.98 Å². The molecule has 90 valence electrons. The van der Waals surface area contributed by atoms with Crippen LogP contribution in [-0.2, 0) is 0 Å². The molecule has 0 aromatic carbocycles. The Morgan fingerprint density at radius 3 is 2.56 bits per heavy atom. The molecule has 3 nitrogen and oxygen atoms in total. The normalized spacial score (nSPS) is 13.6. The summed E-state index contributed by atoms with van der Waals surface area (Å²) >= 11 is 0. The number of hydrogen-bond donors (Lipinski definition) is 2. The Bertz CT molecular complexity index is 319. The van der Waals surface area contributed by atoms with Crippen molar-refractivity contribution in [3.05, 3.63) is 24.1 Å². The van der Waals surface area contributed by atoms with Gasteiger partial charge in [0.1, 0.15) is 11.6 Å². The lowest BCUT2D eigenvalue weighted by Gasteiger charge is -2.31. The van der Waals surface area contributed by atoms with Gasteiger partial charge in [-0.25, -0.2) is 9.37 Å². The molecule has 0 aliphatic rings. The lowest BCUT2D eigenvalue weighted by Crippen LogP contribution is -2.35. The van der Waals surface area contributed by atoms with Gasteiger partial charge in [-0.3, -0.25) is 0 Å². The number of anilines is 1. The van der Waals surface area contributed by atoms with E-state index in [1.807, 2.05) is 0 Å². The van der Waals surface area contributed by atoms with Gasteiger partial charge in [-0.15, -0.1) is 0 Å². The molecule has 1 atom stereocenters. The number of nitrogens with one attached hydrogen (secondary N) is 1. The van der Waals surface area contributed by atoms with Gasteiger partial charge < -0.3 is 10.4 Å². The monoisotopic (exact) mass is 226 g/mol. The molecule has 0 spiro atoms. The third-order valence-electron chi connectivity index (χ3n) is 2.51. The summed E-state index contributed by atoms with van der Waals surface area (Å²) in [6.07, 6.45) is 1.82. The zero-order valence-corrected chi connectivity index (χ0v) is 10.00. The highest BCUT2D eigenvalue weighted by Gasteiger charge is 2.24. The van der Waals surface area contributed by atoms with Gasteiger partial charge >= 0.3 is 0 Å². The number of nitrogens with zero attached hydrogens (tertiary/aromatic N) is 1. The van der Waals surface area contributed by atoms with Gasteiger partial charge in [0.15, 0.2) is 0 Å². The molecule has 0 amide bonds.